The van der Waals surface area contributed by atoms with Crippen molar-refractivity contribution < 1.29 is 4.21 Å². The third-order valence-corrected chi connectivity index (χ3v) is 4.47. The molecule has 4 heteroatoms. The first-order valence-electron chi connectivity index (χ1n) is 6.51. The number of rotatable bonds is 5. The van der Waals surface area contributed by atoms with Crippen LogP contribution in [0.2, 0.25) is 0 Å². The van der Waals surface area contributed by atoms with Crippen LogP contribution in [-0.4, -0.2) is 53.3 Å². The molecule has 0 spiro atoms. The lowest BCUT2D eigenvalue weighted by Crippen LogP contribution is -2.39. The predicted molar refractivity (Wildman–Crippen MR) is 69.1 cm³/mol. The summed E-state index contributed by atoms with van der Waals surface area (Å²) >= 11 is 0. The van der Waals surface area contributed by atoms with Gasteiger partial charge < -0.3 is 10.2 Å². The van der Waals surface area contributed by atoms with Crippen LogP contribution in [0.4, 0.5) is 0 Å². The van der Waals surface area contributed by atoms with Gasteiger partial charge in [0, 0.05) is 35.4 Å². The minimum absolute atomic E-state index is 0.622. The van der Waals surface area contributed by atoms with Gasteiger partial charge in [0.05, 0.1) is 0 Å². The van der Waals surface area contributed by atoms with Gasteiger partial charge >= 0.3 is 0 Å². The van der Waals surface area contributed by atoms with Gasteiger partial charge in [-0.25, -0.2) is 0 Å². The molecule has 1 aliphatic carbocycles. The van der Waals surface area contributed by atoms with Gasteiger partial charge in [0.2, 0.25) is 0 Å². The maximum absolute atomic E-state index is 11.0. The molecule has 1 aliphatic heterocycles. The molecule has 2 unspecified atom stereocenters. The van der Waals surface area contributed by atoms with Crippen LogP contribution in [0.25, 0.3) is 0 Å². The first kappa shape index (κ1) is 12.5. The van der Waals surface area contributed by atoms with Crippen LogP contribution in [0.5, 0.6) is 0 Å². The Morgan fingerprint density at radius 3 is 2.94 bits per heavy atom. The zero-order chi connectivity index (χ0) is 11.4. The molecule has 0 amide bonds. The molecule has 0 radical (unpaired) electrons. The first-order valence-corrected chi connectivity index (χ1v) is 8.24. The van der Waals surface area contributed by atoms with Crippen LogP contribution in [0.3, 0.4) is 0 Å². The lowest BCUT2D eigenvalue weighted by molar-refractivity contribution is 0.259. The van der Waals surface area contributed by atoms with Gasteiger partial charge in [-0.15, -0.1) is 0 Å². The molecule has 2 rings (SSSR count). The Kier molecular flexibility index (Phi) is 4.79. The molecule has 2 atom stereocenters. The van der Waals surface area contributed by atoms with Gasteiger partial charge in [-0.2, -0.15) is 0 Å². The Bertz CT molecular complexity index is 243. The molecular weight excluding hydrogens is 220 g/mol. The van der Waals surface area contributed by atoms with Crippen molar-refractivity contribution in [3.63, 3.8) is 0 Å². The normalized spacial score (nSPS) is 29.9. The average molecular weight is 244 g/mol. The van der Waals surface area contributed by atoms with E-state index in [1.54, 1.807) is 6.26 Å². The molecule has 0 bridgehead atoms. The number of hydrogen-bond donors (Lipinski definition) is 1. The molecule has 0 aromatic carbocycles. The average Bonchev–Trinajstić information content (AvgIpc) is 3.03. The number of nitrogens with one attached hydrogen (secondary N) is 1. The van der Waals surface area contributed by atoms with Gasteiger partial charge in [-0.05, 0) is 51.2 Å². The Balaban J connectivity index is 1.71. The second-order valence-corrected chi connectivity index (χ2v) is 6.74. The highest BCUT2D eigenvalue weighted by atomic mass is 32.2. The second-order valence-electron chi connectivity index (χ2n) is 5.18. The quantitative estimate of drug-likeness (QED) is 0.777. The summed E-state index contributed by atoms with van der Waals surface area (Å²) in [5, 5.41) is 3.67. The highest BCUT2D eigenvalue weighted by Gasteiger charge is 2.32. The SMILES string of the molecule is CS(=O)CCCN1CCCNC(C2CC2)C1. The molecule has 16 heavy (non-hydrogen) atoms. The Hall–Kier alpha value is 0.0700. The summed E-state index contributed by atoms with van der Waals surface area (Å²) < 4.78 is 11.0. The Morgan fingerprint density at radius 1 is 1.44 bits per heavy atom. The minimum Gasteiger partial charge on any atom is -0.312 e. The monoisotopic (exact) mass is 244 g/mol. The first-order chi connectivity index (χ1) is 7.75. The highest BCUT2D eigenvalue weighted by molar-refractivity contribution is 7.84. The fraction of sp³-hybridized carbons (Fsp3) is 1.00. The Labute approximate surface area is 101 Å². The molecule has 1 heterocycles. The van der Waals surface area contributed by atoms with Crippen LogP contribution >= 0.6 is 0 Å². The zero-order valence-corrected chi connectivity index (χ0v) is 11.1. The van der Waals surface area contributed by atoms with Crippen molar-refractivity contribution in [1.82, 2.24) is 10.2 Å². The standard InChI is InChI=1S/C12H24N2OS/c1-16(15)9-3-8-14-7-2-6-13-12(10-14)11-4-5-11/h11-13H,2-10H2,1H3. The van der Waals surface area contributed by atoms with Gasteiger partial charge in [0.25, 0.3) is 0 Å². The molecule has 2 aliphatic rings. The maximum atomic E-state index is 11.0. The third-order valence-electron chi connectivity index (χ3n) is 3.61. The minimum atomic E-state index is -0.622. The molecule has 2 fully saturated rings. The molecule has 1 N–H and O–H groups in total. The van der Waals surface area contributed by atoms with E-state index in [0.717, 1.165) is 30.7 Å². The van der Waals surface area contributed by atoms with Crippen LogP contribution in [-0.2, 0) is 10.8 Å². The van der Waals surface area contributed by atoms with E-state index >= 15 is 0 Å². The van der Waals surface area contributed by atoms with E-state index in [1.807, 2.05) is 0 Å². The zero-order valence-electron chi connectivity index (χ0n) is 10.3. The number of hydrogen-bond acceptors (Lipinski definition) is 3. The number of nitrogens with zero attached hydrogens (tertiary/aromatic N) is 1. The van der Waals surface area contributed by atoms with E-state index in [4.69, 9.17) is 0 Å². The predicted octanol–water partition coefficient (Wildman–Crippen LogP) is 0.829. The summed E-state index contributed by atoms with van der Waals surface area (Å²) in [6.07, 6.45) is 6.99. The van der Waals surface area contributed by atoms with Crippen LogP contribution in [0, 0.1) is 5.92 Å². The Morgan fingerprint density at radius 2 is 2.25 bits per heavy atom. The molecule has 1 saturated heterocycles. The van der Waals surface area contributed by atoms with Crippen molar-refractivity contribution in [2.24, 2.45) is 5.92 Å². The van der Waals surface area contributed by atoms with E-state index in [9.17, 15) is 4.21 Å². The van der Waals surface area contributed by atoms with Crippen molar-refractivity contribution in [3.05, 3.63) is 0 Å². The van der Waals surface area contributed by atoms with Crippen LogP contribution in [0.15, 0.2) is 0 Å². The fourth-order valence-electron chi connectivity index (χ4n) is 2.53. The van der Waals surface area contributed by atoms with Crippen molar-refractivity contribution in [3.8, 4) is 0 Å². The summed E-state index contributed by atoms with van der Waals surface area (Å²) in [5.74, 6) is 1.80. The smallest absolute Gasteiger partial charge is 0.0244 e. The summed E-state index contributed by atoms with van der Waals surface area (Å²) in [4.78, 5) is 2.57. The van der Waals surface area contributed by atoms with Crippen molar-refractivity contribution in [2.45, 2.75) is 31.7 Å². The fourth-order valence-corrected chi connectivity index (χ4v) is 3.07. The second kappa shape index (κ2) is 6.12. The van der Waals surface area contributed by atoms with E-state index in [-0.39, 0.29) is 0 Å². The van der Waals surface area contributed by atoms with Gasteiger partial charge in [-0.1, -0.05) is 0 Å². The lowest BCUT2D eigenvalue weighted by Gasteiger charge is -2.24. The van der Waals surface area contributed by atoms with E-state index in [2.05, 4.69) is 10.2 Å². The lowest BCUT2D eigenvalue weighted by atomic mass is 10.2. The molecule has 3 nitrogen and oxygen atoms in total. The summed E-state index contributed by atoms with van der Waals surface area (Å²) in [5.41, 5.74) is 0. The largest absolute Gasteiger partial charge is 0.312 e. The maximum Gasteiger partial charge on any atom is 0.0244 e. The van der Waals surface area contributed by atoms with Crippen molar-refractivity contribution >= 4 is 10.8 Å². The van der Waals surface area contributed by atoms with Gasteiger partial charge in [0.15, 0.2) is 0 Å². The highest BCUT2D eigenvalue weighted by Crippen LogP contribution is 2.33. The van der Waals surface area contributed by atoms with Crippen LogP contribution < -0.4 is 5.32 Å². The topological polar surface area (TPSA) is 32.3 Å². The summed E-state index contributed by atoms with van der Waals surface area (Å²) in [7, 11) is -0.622. The van der Waals surface area contributed by atoms with Gasteiger partial charge in [-0.3, -0.25) is 4.21 Å². The molecular formula is C12H24N2OS. The molecule has 0 aromatic heterocycles. The van der Waals surface area contributed by atoms with E-state index in [0.29, 0.717) is 0 Å². The molecule has 94 valence electrons. The molecule has 1 saturated carbocycles. The summed E-state index contributed by atoms with van der Waals surface area (Å²) in [6.45, 7) is 4.73. The molecule has 0 aromatic rings. The van der Waals surface area contributed by atoms with E-state index < -0.39 is 10.8 Å². The van der Waals surface area contributed by atoms with Crippen molar-refractivity contribution in [2.75, 3.05) is 38.2 Å². The van der Waals surface area contributed by atoms with Gasteiger partial charge in [0.1, 0.15) is 0 Å². The van der Waals surface area contributed by atoms with Crippen LogP contribution in [0.1, 0.15) is 25.7 Å². The summed E-state index contributed by atoms with van der Waals surface area (Å²) in [6, 6.07) is 0.731. The third kappa shape index (κ3) is 4.15. The van der Waals surface area contributed by atoms with E-state index in [1.165, 1.54) is 38.9 Å². The van der Waals surface area contributed by atoms with Crippen molar-refractivity contribution in [1.29, 1.82) is 0 Å².